The summed E-state index contributed by atoms with van der Waals surface area (Å²) < 4.78 is 28.2. The molecule has 1 heterocycles. The average molecular weight is 493 g/mol. The Morgan fingerprint density at radius 1 is 1.13 bits per heavy atom. The molecule has 2 atom stereocenters. The standard InChI is InChI=1S/C23H22Cl2N2O2S2/c1-2-3-12-26-31(28,29)18-9-11-21-20(14-18)27-23(15-4-6-16(24)7-5-15)19-10-8-17(25)13-22(19)30-21/h4-11,13-14,19,22,26H,2-3,12H2,1H3. The fourth-order valence-electron chi connectivity index (χ4n) is 3.52. The van der Waals surface area contributed by atoms with Crippen molar-refractivity contribution in [3.8, 4) is 0 Å². The molecule has 2 aromatic carbocycles. The van der Waals surface area contributed by atoms with Crippen molar-refractivity contribution in [1.82, 2.24) is 4.72 Å². The van der Waals surface area contributed by atoms with Gasteiger partial charge in [0, 0.05) is 32.7 Å². The number of nitrogens with zero attached hydrogens (tertiary/aromatic N) is 1. The van der Waals surface area contributed by atoms with E-state index in [-0.39, 0.29) is 16.1 Å². The fourth-order valence-corrected chi connectivity index (χ4v) is 6.27. The Morgan fingerprint density at radius 3 is 2.65 bits per heavy atom. The van der Waals surface area contributed by atoms with E-state index in [0.717, 1.165) is 29.0 Å². The summed E-state index contributed by atoms with van der Waals surface area (Å²) in [5, 5.41) is 1.39. The third kappa shape index (κ3) is 5.10. The van der Waals surface area contributed by atoms with Gasteiger partial charge < -0.3 is 0 Å². The van der Waals surface area contributed by atoms with Gasteiger partial charge in [0.1, 0.15) is 0 Å². The summed E-state index contributed by atoms with van der Waals surface area (Å²) in [7, 11) is -3.59. The van der Waals surface area contributed by atoms with Crippen LogP contribution in [-0.4, -0.2) is 25.9 Å². The zero-order chi connectivity index (χ0) is 22.0. The molecule has 162 valence electrons. The highest BCUT2D eigenvalue weighted by Crippen LogP contribution is 2.44. The van der Waals surface area contributed by atoms with Crippen LogP contribution in [0.25, 0.3) is 0 Å². The van der Waals surface area contributed by atoms with Crippen molar-refractivity contribution >= 4 is 56.4 Å². The van der Waals surface area contributed by atoms with Crippen LogP contribution in [0.3, 0.4) is 0 Å². The highest BCUT2D eigenvalue weighted by molar-refractivity contribution is 8.00. The summed E-state index contributed by atoms with van der Waals surface area (Å²) in [5.41, 5.74) is 2.44. The van der Waals surface area contributed by atoms with Gasteiger partial charge in [-0.2, -0.15) is 0 Å². The first-order chi connectivity index (χ1) is 14.9. The number of allylic oxidation sites excluding steroid dienone is 3. The van der Waals surface area contributed by atoms with Gasteiger partial charge in [0.25, 0.3) is 0 Å². The monoisotopic (exact) mass is 492 g/mol. The minimum atomic E-state index is -3.59. The van der Waals surface area contributed by atoms with E-state index in [9.17, 15) is 8.42 Å². The molecule has 0 saturated carbocycles. The van der Waals surface area contributed by atoms with Gasteiger partial charge in [-0.05, 0) is 48.4 Å². The SMILES string of the molecule is CCCCNS(=O)(=O)c1ccc2c(c1)N=C(c1ccc(Cl)cc1)C1C=CC(Cl)=CC1S2. The summed E-state index contributed by atoms with van der Waals surface area (Å²) in [5.74, 6) is 0.00353. The molecule has 8 heteroatoms. The van der Waals surface area contributed by atoms with Gasteiger partial charge in [0.15, 0.2) is 0 Å². The highest BCUT2D eigenvalue weighted by Gasteiger charge is 2.31. The van der Waals surface area contributed by atoms with E-state index in [1.165, 1.54) is 0 Å². The predicted molar refractivity (Wildman–Crippen MR) is 130 cm³/mol. The lowest BCUT2D eigenvalue weighted by Crippen LogP contribution is -2.24. The smallest absolute Gasteiger partial charge is 0.240 e. The molecular formula is C23H22Cl2N2O2S2. The van der Waals surface area contributed by atoms with E-state index in [1.807, 2.05) is 49.4 Å². The predicted octanol–water partition coefficient (Wildman–Crippen LogP) is 6.32. The van der Waals surface area contributed by atoms with Crippen LogP contribution in [0.1, 0.15) is 25.3 Å². The van der Waals surface area contributed by atoms with Crippen LogP contribution in [0.15, 0.2) is 80.5 Å². The number of unbranched alkanes of at least 4 members (excludes halogenated alkanes) is 1. The van der Waals surface area contributed by atoms with Crippen molar-refractivity contribution in [2.75, 3.05) is 6.54 Å². The third-order valence-electron chi connectivity index (χ3n) is 5.16. The van der Waals surface area contributed by atoms with E-state index in [4.69, 9.17) is 28.2 Å². The van der Waals surface area contributed by atoms with Crippen LogP contribution >= 0.6 is 35.0 Å². The summed E-state index contributed by atoms with van der Waals surface area (Å²) >= 11 is 14.0. The first kappa shape index (κ1) is 22.6. The molecule has 2 aromatic rings. The summed E-state index contributed by atoms with van der Waals surface area (Å²) in [4.78, 5) is 6.09. The van der Waals surface area contributed by atoms with Gasteiger partial charge in [0.05, 0.1) is 16.3 Å². The number of sulfonamides is 1. The molecule has 0 radical (unpaired) electrons. The molecule has 0 saturated heterocycles. The van der Waals surface area contributed by atoms with Gasteiger partial charge in [-0.3, -0.25) is 4.99 Å². The van der Waals surface area contributed by atoms with Gasteiger partial charge in [-0.1, -0.05) is 60.8 Å². The Labute approximate surface area is 197 Å². The fraction of sp³-hybridized carbons (Fsp3) is 0.261. The number of benzene rings is 2. The van der Waals surface area contributed by atoms with Crippen LogP contribution in [-0.2, 0) is 10.0 Å². The zero-order valence-corrected chi connectivity index (χ0v) is 20.0. The Hall–Kier alpha value is -1.57. The van der Waals surface area contributed by atoms with Crippen molar-refractivity contribution in [2.24, 2.45) is 10.9 Å². The molecule has 0 spiro atoms. The van der Waals surface area contributed by atoms with Crippen molar-refractivity contribution in [3.63, 3.8) is 0 Å². The van der Waals surface area contributed by atoms with Crippen LogP contribution in [0.2, 0.25) is 5.02 Å². The number of nitrogens with one attached hydrogen (secondary N) is 1. The molecule has 1 aliphatic heterocycles. The molecule has 2 unspecified atom stereocenters. The van der Waals surface area contributed by atoms with E-state index < -0.39 is 10.0 Å². The second kappa shape index (κ2) is 9.51. The van der Waals surface area contributed by atoms with Crippen molar-refractivity contribution < 1.29 is 8.42 Å². The van der Waals surface area contributed by atoms with E-state index in [0.29, 0.717) is 22.3 Å². The molecule has 2 aliphatic rings. The molecule has 4 rings (SSSR count). The highest BCUT2D eigenvalue weighted by atomic mass is 35.5. The van der Waals surface area contributed by atoms with Gasteiger partial charge in [-0.15, -0.1) is 11.8 Å². The second-order valence-corrected chi connectivity index (χ2v) is 11.3. The molecule has 0 bridgehead atoms. The van der Waals surface area contributed by atoms with Gasteiger partial charge >= 0.3 is 0 Å². The normalized spacial score (nSPS) is 20.4. The Balaban J connectivity index is 1.80. The van der Waals surface area contributed by atoms with Crippen LogP contribution < -0.4 is 4.72 Å². The average Bonchev–Trinajstić information content (AvgIpc) is 2.90. The van der Waals surface area contributed by atoms with E-state index in [1.54, 1.807) is 23.9 Å². The van der Waals surface area contributed by atoms with Crippen LogP contribution in [0, 0.1) is 5.92 Å². The lowest BCUT2D eigenvalue weighted by atomic mass is 9.90. The minimum absolute atomic E-state index is 0.00353. The Kier molecular flexibility index (Phi) is 6.94. The Morgan fingerprint density at radius 2 is 1.90 bits per heavy atom. The van der Waals surface area contributed by atoms with Gasteiger partial charge in [-0.25, -0.2) is 13.1 Å². The quantitative estimate of drug-likeness (QED) is 0.479. The molecule has 1 N–H and O–H groups in total. The second-order valence-electron chi connectivity index (χ2n) is 7.40. The number of thioether (sulfide) groups is 1. The first-order valence-electron chi connectivity index (χ1n) is 10.1. The zero-order valence-electron chi connectivity index (χ0n) is 16.9. The molecule has 31 heavy (non-hydrogen) atoms. The maximum atomic E-state index is 12.7. The third-order valence-corrected chi connectivity index (χ3v) is 8.43. The molecule has 0 fully saturated rings. The number of hydrogen-bond acceptors (Lipinski definition) is 4. The van der Waals surface area contributed by atoms with E-state index in [2.05, 4.69) is 10.8 Å². The van der Waals surface area contributed by atoms with Crippen molar-refractivity contribution in [3.05, 3.63) is 76.3 Å². The van der Waals surface area contributed by atoms with Crippen molar-refractivity contribution in [1.29, 1.82) is 0 Å². The Bertz CT molecular complexity index is 1170. The molecule has 0 aromatic heterocycles. The van der Waals surface area contributed by atoms with Crippen LogP contribution in [0.4, 0.5) is 5.69 Å². The largest absolute Gasteiger partial charge is 0.251 e. The molecule has 0 amide bonds. The maximum absolute atomic E-state index is 12.7. The minimum Gasteiger partial charge on any atom is -0.251 e. The molecule has 4 nitrogen and oxygen atoms in total. The number of hydrogen-bond donors (Lipinski definition) is 1. The number of halogens is 2. The summed E-state index contributed by atoms with van der Waals surface area (Å²) in [6.07, 6.45) is 7.68. The van der Waals surface area contributed by atoms with E-state index >= 15 is 0 Å². The van der Waals surface area contributed by atoms with Crippen LogP contribution in [0.5, 0.6) is 0 Å². The lowest BCUT2D eigenvalue weighted by molar-refractivity contribution is 0.578. The first-order valence-corrected chi connectivity index (χ1v) is 13.2. The number of fused-ring (bicyclic) bond motifs is 2. The summed E-state index contributed by atoms with van der Waals surface area (Å²) in [6, 6.07) is 12.7. The summed E-state index contributed by atoms with van der Waals surface area (Å²) in [6.45, 7) is 2.44. The van der Waals surface area contributed by atoms with Crippen molar-refractivity contribution in [2.45, 2.75) is 34.8 Å². The molecule has 1 aliphatic carbocycles. The number of aliphatic imine (C=N–C) groups is 1. The van der Waals surface area contributed by atoms with Gasteiger partial charge in [0.2, 0.25) is 10.0 Å². The lowest BCUT2D eigenvalue weighted by Gasteiger charge is -2.24. The number of rotatable bonds is 6. The molecular weight excluding hydrogens is 471 g/mol. The topological polar surface area (TPSA) is 58.5 Å². The maximum Gasteiger partial charge on any atom is 0.240 e.